The molecule has 2 aliphatic rings. The van der Waals surface area contributed by atoms with Crippen LogP contribution in [0.1, 0.15) is 31.2 Å². The maximum Gasteiger partial charge on any atom is 0.250 e. The number of piperazine rings is 1. The molecule has 3 nitrogen and oxygen atoms in total. The fourth-order valence-corrected chi connectivity index (χ4v) is 3.17. The first-order chi connectivity index (χ1) is 10.3. The quantitative estimate of drug-likeness (QED) is 0.907. The van der Waals surface area contributed by atoms with Crippen molar-refractivity contribution >= 4 is 11.5 Å². The zero-order chi connectivity index (χ0) is 14.7. The van der Waals surface area contributed by atoms with Crippen LogP contribution in [-0.4, -0.2) is 37.0 Å². The number of hydrogen-bond donors (Lipinski definition) is 1. The van der Waals surface area contributed by atoms with E-state index in [2.05, 4.69) is 5.32 Å². The van der Waals surface area contributed by atoms with Crippen LogP contribution in [0.4, 0.5) is 4.39 Å². The van der Waals surface area contributed by atoms with Crippen LogP contribution < -0.4 is 5.32 Å². The molecule has 4 heteroatoms. The predicted octanol–water partition coefficient (Wildman–Crippen LogP) is 2.59. The first-order valence-corrected chi connectivity index (χ1v) is 7.73. The van der Waals surface area contributed by atoms with Crippen LogP contribution in [0.25, 0.3) is 5.57 Å². The number of nitrogens with zero attached hydrogens (tertiary/aromatic N) is 1. The summed E-state index contributed by atoms with van der Waals surface area (Å²) in [6.45, 7) is 3.29. The highest BCUT2D eigenvalue weighted by molar-refractivity contribution is 6.01. The summed E-state index contributed by atoms with van der Waals surface area (Å²) in [4.78, 5) is 14.7. The minimum absolute atomic E-state index is 0.176. The average Bonchev–Trinajstić information content (AvgIpc) is 2.56. The van der Waals surface area contributed by atoms with E-state index in [-0.39, 0.29) is 11.7 Å². The lowest BCUT2D eigenvalue weighted by molar-refractivity contribution is -0.127. The van der Waals surface area contributed by atoms with Crippen molar-refractivity contribution in [1.29, 1.82) is 0 Å². The molecule has 1 saturated heterocycles. The van der Waals surface area contributed by atoms with Crippen LogP contribution in [0.3, 0.4) is 0 Å². The van der Waals surface area contributed by atoms with Crippen molar-refractivity contribution in [2.75, 3.05) is 26.2 Å². The summed E-state index contributed by atoms with van der Waals surface area (Å²) in [6, 6.07) is 6.54. The molecule has 1 aliphatic heterocycles. The Bertz CT molecular complexity index is 544. The minimum atomic E-state index is -0.231. The van der Waals surface area contributed by atoms with Crippen LogP contribution in [-0.2, 0) is 4.79 Å². The Morgan fingerprint density at radius 3 is 2.43 bits per heavy atom. The van der Waals surface area contributed by atoms with Gasteiger partial charge in [0.25, 0.3) is 0 Å². The number of allylic oxidation sites excluding steroid dienone is 1. The van der Waals surface area contributed by atoms with Crippen LogP contribution in [0, 0.1) is 5.82 Å². The lowest BCUT2D eigenvalue weighted by atomic mass is 9.86. The fourth-order valence-electron chi connectivity index (χ4n) is 3.17. The van der Waals surface area contributed by atoms with Crippen LogP contribution >= 0.6 is 0 Å². The summed E-state index contributed by atoms with van der Waals surface area (Å²) < 4.78 is 13.1. The number of benzene rings is 1. The van der Waals surface area contributed by atoms with Crippen molar-refractivity contribution in [3.05, 3.63) is 41.2 Å². The molecule has 1 N–H and O–H groups in total. The zero-order valence-electron chi connectivity index (χ0n) is 12.2. The van der Waals surface area contributed by atoms with Crippen molar-refractivity contribution in [3.63, 3.8) is 0 Å². The van der Waals surface area contributed by atoms with Gasteiger partial charge in [-0.15, -0.1) is 0 Å². The summed E-state index contributed by atoms with van der Waals surface area (Å²) >= 11 is 0. The summed E-state index contributed by atoms with van der Waals surface area (Å²) in [5.74, 6) is -0.0549. The molecule has 1 heterocycles. The maximum atomic E-state index is 13.1. The SMILES string of the molecule is O=C(C1=C(c2ccc(F)cc2)CCCC1)N1CCNCC1. The highest BCUT2D eigenvalue weighted by Gasteiger charge is 2.25. The van der Waals surface area contributed by atoms with Gasteiger partial charge in [0.05, 0.1) is 0 Å². The molecule has 21 heavy (non-hydrogen) atoms. The standard InChI is InChI=1S/C17H21FN2O/c18-14-7-5-13(6-8-14)15-3-1-2-4-16(15)17(21)20-11-9-19-10-12-20/h5-8,19H,1-4,9-12H2. The molecule has 1 aromatic carbocycles. The lowest BCUT2D eigenvalue weighted by Gasteiger charge is -2.30. The highest BCUT2D eigenvalue weighted by Crippen LogP contribution is 2.33. The minimum Gasteiger partial charge on any atom is -0.336 e. The third kappa shape index (κ3) is 3.16. The molecule has 1 fully saturated rings. The van der Waals surface area contributed by atoms with Gasteiger partial charge in [0.1, 0.15) is 5.82 Å². The van der Waals surface area contributed by atoms with Gasteiger partial charge in [-0.1, -0.05) is 12.1 Å². The van der Waals surface area contributed by atoms with E-state index in [0.29, 0.717) is 0 Å². The van der Waals surface area contributed by atoms with Gasteiger partial charge < -0.3 is 10.2 Å². The van der Waals surface area contributed by atoms with Crippen LogP contribution in [0.15, 0.2) is 29.8 Å². The number of amides is 1. The Balaban J connectivity index is 1.90. The Morgan fingerprint density at radius 1 is 1.05 bits per heavy atom. The monoisotopic (exact) mass is 288 g/mol. The van der Waals surface area contributed by atoms with Gasteiger partial charge in [0.2, 0.25) is 5.91 Å². The van der Waals surface area contributed by atoms with Crippen molar-refractivity contribution < 1.29 is 9.18 Å². The van der Waals surface area contributed by atoms with E-state index >= 15 is 0 Å². The van der Waals surface area contributed by atoms with Crippen molar-refractivity contribution in [2.24, 2.45) is 0 Å². The molecular weight excluding hydrogens is 267 g/mol. The Kier molecular flexibility index (Phi) is 4.34. The van der Waals surface area contributed by atoms with E-state index in [1.165, 1.54) is 12.1 Å². The first kappa shape index (κ1) is 14.3. The molecule has 3 rings (SSSR count). The van der Waals surface area contributed by atoms with E-state index in [4.69, 9.17) is 0 Å². The second-order valence-corrected chi connectivity index (χ2v) is 5.71. The molecular formula is C17H21FN2O. The molecule has 1 amide bonds. The van der Waals surface area contributed by atoms with Gasteiger partial charge >= 0.3 is 0 Å². The second-order valence-electron chi connectivity index (χ2n) is 5.71. The third-order valence-corrected chi connectivity index (χ3v) is 4.32. The lowest BCUT2D eigenvalue weighted by Crippen LogP contribution is -2.47. The Morgan fingerprint density at radius 2 is 1.71 bits per heavy atom. The van der Waals surface area contributed by atoms with Crippen molar-refractivity contribution in [2.45, 2.75) is 25.7 Å². The summed E-state index contributed by atoms with van der Waals surface area (Å²) in [6.07, 6.45) is 3.93. The molecule has 112 valence electrons. The van der Waals surface area contributed by atoms with Gasteiger partial charge in [0.15, 0.2) is 0 Å². The van der Waals surface area contributed by atoms with E-state index in [0.717, 1.165) is 68.6 Å². The highest BCUT2D eigenvalue weighted by atomic mass is 19.1. The van der Waals surface area contributed by atoms with Gasteiger partial charge in [-0.3, -0.25) is 4.79 Å². The topological polar surface area (TPSA) is 32.3 Å². The number of nitrogens with one attached hydrogen (secondary N) is 1. The van der Waals surface area contributed by atoms with Gasteiger partial charge in [-0.05, 0) is 49.0 Å². The summed E-state index contributed by atoms with van der Waals surface area (Å²) in [5.41, 5.74) is 3.05. The fraction of sp³-hybridized carbons (Fsp3) is 0.471. The van der Waals surface area contributed by atoms with Crippen molar-refractivity contribution in [1.82, 2.24) is 10.2 Å². The maximum absolute atomic E-state index is 13.1. The number of carbonyl (C=O) groups excluding carboxylic acids is 1. The second kappa shape index (κ2) is 6.39. The molecule has 1 aliphatic carbocycles. The largest absolute Gasteiger partial charge is 0.336 e. The normalized spacial score (nSPS) is 19.8. The van der Waals surface area contributed by atoms with E-state index in [1.54, 1.807) is 12.1 Å². The zero-order valence-corrected chi connectivity index (χ0v) is 12.2. The molecule has 0 saturated carbocycles. The number of hydrogen-bond acceptors (Lipinski definition) is 2. The summed E-state index contributed by atoms with van der Waals surface area (Å²) in [5, 5.41) is 3.27. The Hall–Kier alpha value is -1.68. The van der Waals surface area contributed by atoms with E-state index < -0.39 is 0 Å². The van der Waals surface area contributed by atoms with E-state index in [1.807, 2.05) is 4.90 Å². The van der Waals surface area contributed by atoms with Crippen LogP contribution in [0.5, 0.6) is 0 Å². The Labute approximate surface area is 124 Å². The number of carbonyl (C=O) groups is 1. The molecule has 0 bridgehead atoms. The molecule has 0 aromatic heterocycles. The molecule has 0 radical (unpaired) electrons. The molecule has 1 aromatic rings. The van der Waals surface area contributed by atoms with Crippen molar-refractivity contribution in [3.8, 4) is 0 Å². The van der Waals surface area contributed by atoms with E-state index in [9.17, 15) is 9.18 Å². The molecule has 0 atom stereocenters. The van der Waals surface area contributed by atoms with Gasteiger partial charge in [-0.25, -0.2) is 4.39 Å². The van der Waals surface area contributed by atoms with Gasteiger partial charge in [-0.2, -0.15) is 0 Å². The summed E-state index contributed by atoms with van der Waals surface area (Å²) in [7, 11) is 0. The van der Waals surface area contributed by atoms with Crippen LogP contribution in [0.2, 0.25) is 0 Å². The number of halogens is 1. The first-order valence-electron chi connectivity index (χ1n) is 7.73. The molecule has 0 spiro atoms. The van der Waals surface area contributed by atoms with Gasteiger partial charge in [0, 0.05) is 31.8 Å². The molecule has 0 unspecified atom stereocenters. The predicted molar refractivity (Wildman–Crippen MR) is 81.2 cm³/mol. The average molecular weight is 288 g/mol. The smallest absolute Gasteiger partial charge is 0.250 e. The third-order valence-electron chi connectivity index (χ3n) is 4.32. The number of rotatable bonds is 2.